The van der Waals surface area contributed by atoms with Gasteiger partial charge in [0.1, 0.15) is 5.82 Å². The molecule has 1 N–H and O–H groups in total. The van der Waals surface area contributed by atoms with Crippen molar-refractivity contribution in [1.29, 1.82) is 0 Å². The van der Waals surface area contributed by atoms with Crippen molar-refractivity contribution in [1.82, 2.24) is 4.90 Å². The van der Waals surface area contributed by atoms with Crippen LogP contribution in [0.25, 0.3) is 0 Å². The highest BCUT2D eigenvalue weighted by Crippen LogP contribution is 2.38. The third-order valence-corrected chi connectivity index (χ3v) is 4.31. The zero-order valence-electron chi connectivity index (χ0n) is 12.2. The first-order chi connectivity index (χ1) is 9.61. The average molecular weight is 278 g/mol. The van der Waals surface area contributed by atoms with Crippen LogP contribution in [0.15, 0.2) is 29.4 Å². The highest BCUT2D eigenvalue weighted by molar-refractivity contribution is 5.59. The monoisotopic (exact) mass is 278 g/mol. The molecule has 110 valence electrons. The number of nitrogens with zero attached hydrogens (tertiary/aromatic N) is 2. The first kappa shape index (κ1) is 15.0. The molecule has 1 unspecified atom stereocenters. The van der Waals surface area contributed by atoms with E-state index in [4.69, 9.17) is 5.21 Å². The lowest BCUT2D eigenvalue weighted by molar-refractivity contribution is 0.162. The van der Waals surface area contributed by atoms with Crippen LogP contribution in [0.2, 0.25) is 0 Å². The van der Waals surface area contributed by atoms with Gasteiger partial charge in [-0.3, -0.25) is 0 Å². The zero-order valence-corrected chi connectivity index (χ0v) is 12.2. The van der Waals surface area contributed by atoms with Crippen molar-refractivity contribution in [2.45, 2.75) is 31.7 Å². The number of rotatable bonds is 4. The van der Waals surface area contributed by atoms with Gasteiger partial charge in [0, 0.05) is 12.3 Å². The summed E-state index contributed by atoms with van der Waals surface area (Å²) >= 11 is 0. The first-order valence-electron chi connectivity index (χ1n) is 7.21. The second-order valence-corrected chi connectivity index (χ2v) is 5.90. The molecule has 2 rings (SSSR count). The molecule has 1 aliphatic rings. The SMILES string of the molecule is CN(C)C(c1ccc(F)cc1)C1CCC(/C=N/O)CC1. The highest BCUT2D eigenvalue weighted by Gasteiger charge is 2.29. The van der Waals surface area contributed by atoms with Crippen molar-refractivity contribution in [2.24, 2.45) is 17.0 Å². The molecule has 1 saturated carbocycles. The molecule has 1 aliphatic carbocycles. The largest absolute Gasteiger partial charge is 0.411 e. The second-order valence-electron chi connectivity index (χ2n) is 5.90. The second kappa shape index (κ2) is 6.84. The van der Waals surface area contributed by atoms with Gasteiger partial charge in [0.2, 0.25) is 0 Å². The van der Waals surface area contributed by atoms with E-state index in [0.29, 0.717) is 17.9 Å². The third-order valence-electron chi connectivity index (χ3n) is 4.31. The Hall–Kier alpha value is -1.42. The summed E-state index contributed by atoms with van der Waals surface area (Å²) in [5.74, 6) is 0.778. The van der Waals surface area contributed by atoms with Crippen molar-refractivity contribution < 1.29 is 9.60 Å². The molecular formula is C16H23FN2O. The predicted octanol–water partition coefficient (Wildman–Crippen LogP) is 3.69. The molecule has 3 nitrogen and oxygen atoms in total. The number of halogens is 1. The summed E-state index contributed by atoms with van der Waals surface area (Å²) in [4.78, 5) is 2.22. The van der Waals surface area contributed by atoms with E-state index >= 15 is 0 Å². The Balaban J connectivity index is 2.08. The van der Waals surface area contributed by atoms with Gasteiger partial charge >= 0.3 is 0 Å². The first-order valence-corrected chi connectivity index (χ1v) is 7.21. The molecule has 20 heavy (non-hydrogen) atoms. The standard InChI is InChI=1S/C16H23FN2O/c1-19(2)16(14-7-9-15(17)10-8-14)13-5-3-12(4-6-13)11-18-20/h7-13,16,20H,3-6H2,1-2H3/b18-11+. The average Bonchev–Trinajstić information content (AvgIpc) is 2.43. The van der Waals surface area contributed by atoms with Crippen molar-refractivity contribution in [3.05, 3.63) is 35.6 Å². The summed E-state index contributed by atoms with van der Waals surface area (Å²) in [6.07, 6.45) is 5.98. The van der Waals surface area contributed by atoms with E-state index in [-0.39, 0.29) is 5.82 Å². The summed E-state index contributed by atoms with van der Waals surface area (Å²) < 4.78 is 13.1. The molecule has 0 aliphatic heterocycles. The van der Waals surface area contributed by atoms with Crippen LogP contribution in [0.4, 0.5) is 4.39 Å². The van der Waals surface area contributed by atoms with Crippen molar-refractivity contribution in [2.75, 3.05) is 14.1 Å². The van der Waals surface area contributed by atoms with Gasteiger partial charge in [-0.15, -0.1) is 5.16 Å². The van der Waals surface area contributed by atoms with E-state index in [1.165, 1.54) is 17.7 Å². The van der Waals surface area contributed by atoms with Crippen molar-refractivity contribution >= 4 is 6.21 Å². The van der Waals surface area contributed by atoms with E-state index in [1.807, 2.05) is 12.1 Å². The van der Waals surface area contributed by atoms with Gasteiger partial charge in [0.25, 0.3) is 0 Å². The molecule has 1 fully saturated rings. The Morgan fingerprint density at radius 1 is 1.20 bits per heavy atom. The molecule has 4 heteroatoms. The van der Waals surface area contributed by atoms with Crippen LogP contribution in [0.1, 0.15) is 37.3 Å². The maximum atomic E-state index is 13.1. The van der Waals surface area contributed by atoms with Gasteiger partial charge in [-0.25, -0.2) is 4.39 Å². The molecule has 0 amide bonds. The number of oxime groups is 1. The molecule has 1 atom stereocenters. The lowest BCUT2D eigenvalue weighted by atomic mass is 9.76. The normalized spacial score (nSPS) is 25.2. The number of hydrogen-bond donors (Lipinski definition) is 1. The maximum absolute atomic E-state index is 13.1. The minimum Gasteiger partial charge on any atom is -0.411 e. The van der Waals surface area contributed by atoms with Gasteiger partial charge in [-0.05, 0) is 69.3 Å². The molecule has 0 aromatic heterocycles. The van der Waals surface area contributed by atoms with Crippen molar-refractivity contribution in [3.63, 3.8) is 0 Å². The summed E-state index contributed by atoms with van der Waals surface area (Å²) in [6, 6.07) is 7.18. The van der Waals surface area contributed by atoms with Crippen LogP contribution < -0.4 is 0 Å². The lowest BCUT2D eigenvalue weighted by Gasteiger charge is -2.36. The highest BCUT2D eigenvalue weighted by atomic mass is 19.1. The minimum atomic E-state index is -0.186. The molecule has 1 aromatic rings. The summed E-state index contributed by atoms with van der Waals surface area (Å²) in [7, 11) is 4.16. The van der Waals surface area contributed by atoms with E-state index in [2.05, 4.69) is 24.2 Å². The Morgan fingerprint density at radius 2 is 1.80 bits per heavy atom. The fourth-order valence-corrected chi connectivity index (χ4v) is 3.36. The van der Waals surface area contributed by atoms with Crippen LogP contribution in [0.3, 0.4) is 0 Å². The quantitative estimate of drug-likeness (QED) is 0.518. The maximum Gasteiger partial charge on any atom is 0.123 e. The van der Waals surface area contributed by atoms with E-state index in [1.54, 1.807) is 6.21 Å². The van der Waals surface area contributed by atoms with Crippen LogP contribution in [-0.4, -0.2) is 30.4 Å². The van der Waals surface area contributed by atoms with E-state index in [0.717, 1.165) is 25.7 Å². The van der Waals surface area contributed by atoms with Gasteiger partial charge in [-0.1, -0.05) is 12.1 Å². The summed E-state index contributed by atoms with van der Waals surface area (Å²) in [5.41, 5.74) is 1.18. The molecule has 0 radical (unpaired) electrons. The minimum absolute atomic E-state index is 0.186. The molecule has 0 saturated heterocycles. The topological polar surface area (TPSA) is 35.8 Å². The summed E-state index contributed by atoms with van der Waals surface area (Å²) in [5, 5.41) is 11.8. The van der Waals surface area contributed by atoms with Crippen LogP contribution in [-0.2, 0) is 0 Å². The fourth-order valence-electron chi connectivity index (χ4n) is 3.36. The van der Waals surface area contributed by atoms with Gasteiger partial charge in [-0.2, -0.15) is 0 Å². The van der Waals surface area contributed by atoms with Gasteiger partial charge < -0.3 is 10.1 Å². The Morgan fingerprint density at radius 3 is 2.30 bits per heavy atom. The predicted molar refractivity (Wildman–Crippen MR) is 78.6 cm³/mol. The van der Waals surface area contributed by atoms with Crippen LogP contribution in [0.5, 0.6) is 0 Å². The number of hydrogen-bond acceptors (Lipinski definition) is 3. The molecule has 1 aromatic carbocycles. The van der Waals surface area contributed by atoms with Crippen molar-refractivity contribution in [3.8, 4) is 0 Å². The Kier molecular flexibility index (Phi) is 5.12. The molecule has 0 heterocycles. The number of benzene rings is 1. The van der Waals surface area contributed by atoms with Crippen LogP contribution >= 0.6 is 0 Å². The van der Waals surface area contributed by atoms with E-state index in [9.17, 15) is 4.39 Å². The van der Waals surface area contributed by atoms with Gasteiger partial charge in [0.05, 0.1) is 0 Å². The third kappa shape index (κ3) is 3.57. The molecule has 0 spiro atoms. The van der Waals surface area contributed by atoms with E-state index < -0.39 is 0 Å². The lowest BCUT2D eigenvalue weighted by Crippen LogP contribution is -2.30. The zero-order chi connectivity index (χ0) is 14.5. The smallest absolute Gasteiger partial charge is 0.123 e. The Bertz CT molecular complexity index is 436. The fraction of sp³-hybridized carbons (Fsp3) is 0.562. The van der Waals surface area contributed by atoms with Crippen LogP contribution in [0, 0.1) is 17.7 Å². The van der Waals surface area contributed by atoms with Gasteiger partial charge in [0.15, 0.2) is 0 Å². The summed E-state index contributed by atoms with van der Waals surface area (Å²) in [6.45, 7) is 0. The Labute approximate surface area is 120 Å². The molecule has 0 bridgehead atoms. The molecular weight excluding hydrogens is 255 g/mol.